The molecule has 1 heterocycles. The average Bonchev–Trinajstić information content (AvgIpc) is 3.28. The first-order chi connectivity index (χ1) is 16.3. The largest absolute Gasteiger partial charge is 0.351 e. The van der Waals surface area contributed by atoms with Gasteiger partial charge < -0.3 is 10.3 Å². The highest BCUT2D eigenvalue weighted by atomic mass is 32.2. The summed E-state index contributed by atoms with van der Waals surface area (Å²) in [5, 5.41) is 3.14. The van der Waals surface area contributed by atoms with Gasteiger partial charge in [0.2, 0.25) is 15.7 Å². The van der Waals surface area contributed by atoms with Crippen molar-refractivity contribution in [3.8, 4) is 11.4 Å². The number of H-pyrrole nitrogens is 1. The molecule has 2 N–H and O–H groups in total. The van der Waals surface area contributed by atoms with Gasteiger partial charge in [0.25, 0.3) is 0 Å². The number of amides is 1. The maximum atomic E-state index is 13.4. The molecule has 0 saturated carbocycles. The van der Waals surface area contributed by atoms with Crippen molar-refractivity contribution in [3.63, 3.8) is 0 Å². The Labute approximate surface area is 203 Å². The first-order valence-electron chi connectivity index (χ1n) is 10.7. The van der Waals surface area contributed by atoms with Gasteiger partial charge in [0.15, 0.2) is 5.03 Å². The molecule has 4 rings (SSSR count). The number of sulfone groups is 1. The molecule has 0 aliphatic heterocycles. The van der Waals surface area contributed by atoms with Crippen molar-refractivity contribution in [2.75, 3.05) is 5.75 Å². The van der Waals surface area contributed by atoms with Crippen molar-refractivity contribution >= 4 is 27.5 Å². The van der Waals surface area contributed by atoms with Crippen LogP contribution in [0.2, 0.25) is 0 Å². The minimum absolute atomic E-state index is 0.00783. The van der Waals surface area contributed by atoms with E-state index in [0.717, 1.165) is 34.0 Å². The number of nitrogens with zero attached hydrogens (tertiary/aromatic N) is 1. The number of hydrogen-bond acceptors (Lipinski definition) is 5. The summed E-state index contributed by atoms with van der Waals surface area (Å²) in [4.78, 5) is 20.2. The molecule has 0 saturated heterocycles. The lowest BCUT2D eigenvalue weighted by molar-refractivity contribution is -0.118. The first kappa shape index (κ1) is 23.8. The van der Waals surface area contributed by atoms with Crippen LogP contribution in [0, 0.1) is 13.8 Å². The molecule has 0 spiro atoms. The van der Waals surface area contributed by atoms with E-state index in [4.69, 9.17) is 0 Å². The summed E-state index contributed by atoms with van der Waals surface area (Å²) >= 11 is 1.10. The zero-order valence-electron chi connectivity index (χ0n) is 18.9. The average molecular weight is 492 g/mol. The number of nitrogens with one attached hydrogen (secondary N) is 2. The van der Waals surface area contributed by atoms with E-state index in [-0.39, 0.29) is 26.6 Å². The van der Waals surface area contributed by atoms with Gasteiger partial charge >= 0.3 is 0 Å². The normalized spacial score (nSPS) is 11.4. The van der Waals surface area contributed by atoms with Gasteiger partial charge in [-0.1, -0.05) is 89.6 Å². The lowest BCUT2D eigenvalue weighted by atomic mass is 10.1. The lowest BCUT2D eigenvalue weighted by Crippen LogP contribution is -2.24. The predicted molar refractivity (Wildman–Crippen MR) is 134 cm³/mol. The van der Waals surface area contributed by atoms with Gasteiger partial charge in [-0.05, 0) is 31.5 Å². The van der Waals surface area contributed by atoms with Gasteiger partial charge in [-0.25, -0.2) is 13.4 Å². The Morgan fingerprint density at radius 3 is 2.18 bits per heavy atom. The Balaban J connectivity index is 1.56. The molecule has 6 nitrogen and oxygen atoms in total. The zero-order chi connectivity index (χ0) is 24.1. The highest BCUT2D eigenvalue weighted by Crippen LogP contribution is 2.32. The second-order valence-corrected chi connectivity index (χ2v) is 10.8. The summed E-state index contributed by atoms with van der Waals surface area (Å²) in [6, 6.07) is 23.9. The van der Waals surface area contributed by atoms with Crippen LogP contribution in [0.1, 0.15) is 16.7 Å². The fourth-order valence-electron chi connectivity index (χ4n) is 3.28. The standard InChI is InChI=1S/C26H25N3O3S2/c1-18-8-12-20(13-9-18)16-27-23(30)17-33-25-26(29-24(28-25)21-6-4-3-5-7-21)34(31,32)22-14-10-19(2)11-15-22/h3-15H,16-17H2,1-2H3,(H,27,30)(H,28,29). The summed E-state index contributed by atoms with van der Waals surface area (Å²) in [5.74, 6) is 0.281. The molecule has 0 atom stereocenters. The van der Waals surface area contributed by atoms with Crippen LogP contribution in [-0.4, -0.2) is 30.0 Å². The zero-order valence-corrected chi connectivity index (χ0v) is 20.5. The molecular formula is C26H25N3O3S2. The maximum Gasteiger partial charge on any atom is 0.230 e. The fraction of sp³-hybridized carbons (Fsp3) is 0.154. The van der Waals surface area contributed by atoms with Crippen molar-refractivity contribution < 1.29 is 13.2 Å². The van der Waals surface area contributed by atoms with Crippen LogP contribution in [0.15, 0.2) is 93.8 Å². The summed E-state index contributed by atoms with van der Waals surface area (Å²) in [7, 11) is -3.85. The van der Waals surface area contributed by atoms with E-state index in [9.17, 15) is 13.2 Å². The Morgan fingerprint density at radius 2 is 1.53 bits per heavy atom. The molecule has 8 heteroatoms. The smallest absolute Gasteiger partial charge is 0.230 e. The van der Waals surface area contributed by atoms with Crippen LogP contribution in [0.5, 0.6) is 0 Å². The van der Waals surface area contributed by atoms with Crippen LogP contribution in [-0.2, 0) is 21.2 Å². The molecule has 4 aromatic rings. The number of rotatable bonds is 8. The minimum Gasteiger partial charge on any atom is -0.351 e. The highest BCUT2D eigenvalue weighted by molar-refractivity contribution is 8.00. The number of imidazole rings is 1. The van der Waals surface area contributed by atoms with Crippen molar-refractivity contribution in [2.24, 2.45) is 0 Å². The van der Waals surface area contributed by atoms with Crippen molar-refractivity contribution in [2.45, 2.75) is 35.3 Å². The number of aryl methyl sites for hydroxylation is 2. The number of aromatic nitrogens is 2. The van der Waals surface area contributed by atoms with Gasteiger partial charge in [0.05, 0.1) is 10.6 Å². The summed E-state index contributed by atoms with van der Waals surface area (Å²) in [6.45, 7) is 4.31. The van der Waals surface area contributed by atoms with E-state index < -0.39 is 9.84 Å². The van der Waals surface area contributed by atoms with E-state index in [1.54, 1.807) is 24.3 Å². The van der Waals surface area contributed by atoms with E-state index in [1.807, 2.05) is 68.4 Å². The third-order valence-corrected chi connectivity index (χ3v) is 8.07. The number of hydrogen-bond donors (Lipinski definition) is 2. The highest BCUT2D eigenvalue weighted by Gasteiger charge is 2.26. The SMILES string of the molecule is Cc1ccc(CNC(=O)CSc2nc(-c3ccccc3)[nH]c2S(=O)(=O)c2ccc(C)cc2)cc1. The van der Waals surface area contributed by atoms with Crippen molar-refractivity contribution in [1.82, 2.24) is 15.3 Å². The quantitative estimate of drug-likeness (QED) is 0.341. The molecule has 34 heavy (non-hydrogen) atoms. The summed E-state index contributed by atoms with van der Waals surface area (Å²) in [5.41, 5.74) is 3.88. The van der Waals surface area contributed by atoms with Gasteiger partial charge in [0, 0.05) is 12.1 Å². The van der Waals surface area contributed by atoms with Crippen LogP contribution in [0.25, 0.3) is 11.4 Å². The van der Waals surface area contributed by atoms with Crippen LogP contribution in [0.3, 0.4) is 0 Å². The number of carbonyl (C=O) groups is 1. The third-order valence-electron chi connectivity index (χ3n) is 5.24. The molecule has 0 unspecified atom stereocenters. The number of aromatic amines is 1. The van der Waals surface area contributed by atoms with E-state index in [0.29, 0.717) is 12.4 Å². The molecule has 1 amide bonds. The van der Waals surface area contributed by atoms with E-state index >= 15 is 0 Å². The minimum atomic E-state index is -3.85. The Kier molecular flexibility index (Phi) is 7.19. The van der Waals surface area contributed by atoms with Crippen molar-refractivity contribution in [3.05, 3.63) is 95.6 Å². The summed E-state index contributed by atoms with van der Waals surface area (Å²) < 4.78 is 26.8. The molecule has 1 aromatic heterocycles. The van der Waals surface area contributed by atoms with Gasteiger partial charge in [0.1, 0.15) is 10.9 Å². The predicted octanol–water partition coefficient (Wildman–Crippen LogP) is 4.93. The van der Waals surface area contributed by atoms with Crippen LogP contribution in [0.4, 0.5) is 0 Å². The number of benzene rings is 3. The summed E-state index contributed by atoms with van der Waals surface area (Å²) in [6.07, 6.45) is 0. The molecule has 0 aliphatic carbocycles. The topological polar surface area (TPSA) is 91.9 Å². The van der Waals surface area contributed by atoms with Crippen LogP contribution < -0.4 is 5.32 Å². The monoisotopic (exact) mass is 491 g/mol. The second kappa shape index (κ2) is 10.3. The Morgan fingerprint density at radius 1 is 0.912 bits per heavy atom. The number of carbonyl (C=O) groups excluding carboxylic acids is 1. The van der Waals surface area contributed by atoms with Crippen molar-refractivity contribution in [1.29, 1.82) is 0 Å². The second-order valence-electron chi connectivity index (χ2n) is 7.95. The Hall–Kier alpha value is -3.36. The van der Waals surface area contributed by atoms with Gasteiger partial charge in [-0.15, -0.1) is 0 Å². The molecule has 0 radical (unpaired) electrons. The van der Waals surface area contributed by atoms with E-state index in [2.05, 4.69) is 15.3 Å². The number of thioether (sulfide) groups is 1. The maximum absolute atomic E-state index is 13.4. The molecule has 0 aliphatic rings. The van der Waals surface area contributed by atoms with Gasteiger partial charge in [-0.3, -0.25) is 4.79 Å². The lowest BCUT2D eigenvalue weighted by Gasteiger charge is -2.07. The molecule has 0 fully saturated rings. The molecule has 174 valence electrons. The van der Waals surface area contributed by atoms with Gasteiger partial charge in [-0.2, -0.15) is 0 Å². The van der Waals surface area contributed by atoms with Crippen LogP contribution >= 0.6 is 11.8 Å². The molecule has 0 bridgehead atoms. The molecule has 3 aromatic carbocycles. The fourth-order valence-corrected chi connectivity index (χ4v) is 5.73. The first-order valence-corrected chi connectivity index (χ1v) is 13.2. The molecular weight excluding hydrogens is 466 g/mol. The third kappa shape index (κ3) is 5.58. The Bertz CT molecular complexity index is 1380. The van der Waals surface area contributed by atoms with E-state index in [1.165, 1.54) is 0 Å².